The molecule has 0 radical (unpaired) electrons. The van der Waals surface area contributed by atoms with Gasteiger partial charge in [-0.15, -0.1) is 0 Å². The molecule has 5 rings (SSSR count). The van der Waals surface area contributed by atoms with Crippen LogP contribution in [0, 0.1) is 0 Å². The van der Waals surface area contributed by atoms with E-state index in [1.54, 1.807) is 0 Å². The normalized spacial score (nSPS) is 14.1. The first-order valence-corrected chi connectivity index (χ1v) is 16.6. The van der Waals surface area contributed by atoms with Crippen LogP contribution in [0.4, 0.5) is 0 Å². The van der Waals surface area contributed by atoms with Gasteiger partial charge in [-0.25, -0.2) is 18.1 Å². The molecule has 0 aliphatic heterocycles. The second-order valence-electron chi connectivity index (χ2n) is 11.1. The van der Waals surface area contributed by atoms with Gasteiger partial charge in [-0.3, -0.25) is 9.59 Å². The fourth-order valence-corrected chi connectivity index (χ4v) is 6.22. The zero-order valence-corrected chi connectivity index (χ0v) is 25.0. The van der Waals surface area contributed by atoms with Crippen molar-refractivity contribution in [2.75, 3.05) is 6.26 Å². The van der Waals surface area contributed by atoms with Gasteiger partial charge in [0.2, 0.25) is 10.0 Å². The predicted molar refractivity (Wildman–Crippen MR) is 166 cm³/mol. The molecule has 3 aromatic carbocycles. The summed E-state index contributed by atoms with van der Waals surface area (Å²) in [6.07, 6.45) is 9.12. The number of aryl methyl sites for hydroxylation is 1. The quantitative estimate of drug-likeness (QED) is 0.242. The average molecular weight is 587 g/mol. The minimum Gasteiger partial charge on any atom is -0.349 e. The lowest BCUT2D eigenvalue weighted by Gasteiger charge is -2.22. The van der Waals surface area contributed by atoms with Crippen LogP contribution in [0.3, 0.4) is 0 Å². The highest BCUT2D eigenvalue weighted by Gasteiger charge is 2.23. The third-order valence-electron chi connectivity index (χ3n) is 7.85. The lowest BCUT2D eigenvalue weighted by Crippen LogP contribution is -2.36. The maximum atomic E-state index is 13.5. The molecule has 1 aromatic heterocycles. The van der Waals surface area contributed by atoms with E-state index in [0.717, 1.165) is 73.6 Å². The predicted octanol–water partition coefficient (Wildman–Crippen LogP) is 5.85. The van der Waals surface area contributed by atoms with E-state index in [2.05, 4.69) is 21.5 Å². The lowest BCUT2D eigenvalue weighted by molar-refractivity contribution is 0.0926. The second kappa shape index (κ2) is 12.9. The molecule has 8 nitrogen and oxygen atoms in total. The van der Waals surface area contributed by atoms with Crippen molar-refractivity contribution in [1.82, 2.24) is 19.6 Å². The molecule has 1 heterocycles. The highest BCUT2D eigenvalue weighted by molar-refractivity contribution is 7.89. The Morgan fingerprint density at radius 1 is 0.952 bits per heavy atom. The topological polar surface area (TPSA) is 110 Å². The van der Waals surface area contributed by atoms with Crippen LogP contribution in [0.15, 0.2) is 66.7 Å². The molecule has 1 fully saturated rings. The van der Waals surface area contributed by atoms with E-state index in [9.17, 15) is 18.0 Å². The van der Waals surface area contributed by atoms with Crippen LogP contribution in [0.2, 0.25) is 0 Å². The van der Waals surface area contributed by atoms with Gasteiger partial charge in [-0.05, 0) is 54.2 Å². The largest absolute Gasteiger partial charge is 0.349 e. The Morgan fingerprint density at radius 3 is 2.43 bits per heavy atom. The Labute approximate surface area is 247 Å². The fourth-order valence-electron chi connectivity index (χ4n) is 5.78. The van der Waals surface area contributed by atoms with Crippen molar-refractivity contribution in [3.63, 3.8) is 0 Å². The number of aromatic nitrogens is 2. The number of benzene rings is 3. The van der Waals surface area contributed by atoms with Crippen molar-refractivity contribution in [2.45, 2.75) is 70.9 Å². The van der Waals surface area contributed by atoms with Crippen molar-refractivity contribution in [2.24, 2.45) is 0 Å². The van der Waals surface area contributed by atoms with E-state index in [0.29, 0.717) is 22.3 Å². The number of unbranched alkanes of at least 4 members (excludes halogenated alkanes) is 1. The molecule has 2 amide bonds. The second-order valence-corrected chi connectivity index (χ2v) is 12.9. The van der Waals surface area contributed by atoms with Gasteiger partial charge in [0.1, 0.15) is 5.82 Å². The van der Waals surface area contributed by atoms with E-state index < -0.39 is 15.9 Å². The van der Waals surface area contributed by atoms with Crippen LogP contribution in [0.5, 0.6) is 0 Å². The lowest BCUT2D eigenvalue weighted by atomic mass is 9.94. The highest BCUT2D eigenvalue weighted by atomic mass is 32.2. The van der Waals surface area contributed by atoms with E-state index in [4.69, 9.17) is 4.98 Å². The summed E-state index contributed by atoms with van der Waals surface area (Å²) < 4.78 is 28.4. The van der Waals surface area contributed by atoms with Gasteiger partial charge in [0.05, 0.1) is 29.4 Å². The van der Waals surface area contributed by atoms with Gasteiger partial charge >= 0.3 is 0 Å². The molecule has 0 saturated heterocycles. The summed E-state index contributed by atoms with van der Waals surface area (Å²) in [5, 5.41) is 3.20. The van der Waals surface area contributed by atoms with Crippen molar-refractivity contribution in [1.29, 1.82) is 0 Å². The molecule has 42 heavy (non-hydrogen) atoms. The summed E-state index contributed by atoms with van der Waals surface area (Å²) in [4.78, 5) is 31.6. The molecule has 1 saturated carbocycles. The third-order valence-corrected chi connectivity index (χ3v) is 8.41. The number of carbonyl (C=O) groups is 2. The van der Waals surface area contributed by atoms with Gasteiger partial charge in [0.25, 0.3) is 11.8 Å². The molecular formula is C33H38N4O4S. The van der Waals surface area contributed by atoms with Crippen LogP contribution >= 0.6 is 0 Å². The van der Waals surface area contributed by atoms with Crippen molar-refractivity contribution in [3.05, 3.63) is 89.2 Å². The highest BCUT2D eigenvalue weighted by Crippen LogP contribution is 2.29. The first-order valence-electron chi connectivity index (χ1n) is 14.7. The Bertz CT molecular complexity index is 1690. The van der Waals surface area contributed by atoms with E-state index in [-0.39, 0.29) is 18.5 Å². The summed E-state index contributed by atoms with van der Waals surface area (Å²) in [6.45, 7) is 2.41. The number of fused-ring (bicyclic) bond motifs is 1. The number of rotatable bonds is 10. The summed E-state index contributed by atoms with van der Waals surface area (Å²) >= 11 is 0. The summed E-state index contributed by atoms with van der Waals surface area (Å²) in [6, 6.07) is 20.8. The van der Waals surface area contributed by atoms with Crippen LogP contribution in [-0.4, -0.2) is 42.1 Å². The summed E-state index contributed by atoms with van der Waals surface area (Å²) in [5.41, 5.74) is 4.55. The van der Waals surface area contributed by atoms with Gasteiger partial charge in [0, 0.05) is 18.0 Å². The number of nitrogens with one attached hydrogen (secondary N) is 2. The minimum atomic E-state index is -3.79. The molecule has 0 bridgehead atoms. The average Bonchev–Trinajstić information content (AvgIpc) is 3.32. The van der Waals surface area contributed by atoms with Gasteiger partial charge in [-0.1, -0.05) is 81.1 Å². The maximum absolute atomic E-state index is 13.5. The molecule has 0 unspecified atom stereocenters. The molecule has 220 valence electrons. The minimum absolute atomic E-state index is 0.0917. The molecule has 2 N–H and O–H groups in total. The number of imidazole rings is 1. The van der Waals surface area contributed by atoms with Crippen LogP contribution in [0.1, 0.15) is 84.0 Å². The number of carbonyl (C=O) groups excluding carboxylic acids is 2. The molecular weight excluding hydrogens is 548 g/mol. The van der Waals surface area contributed by atoms with E-state index in [1.165, 1.54) is 6.42 Å². The van der Waals surface area contributed by atoms with Crippen molar-refractivity contribution < 1.29 is 18.0 Å². The molecule has 0 atom stereocenters. The molecule has 0 spiro atoms. The number of hydrogen-bond donors (Lipinski definition) is 2. The van der Waals surface area contributed by atoms with Gasteiger partial charge in [0.15, 0.2) is 0 Å². The van der Waals surface area contributed by atoms with Crippen LogP contribution in [0.25, 0.3) is 22.2 Å². The third kappa shape index (κ3) is 6.90. The van der Waals surface area contributed by atoms with E-state index in [1.807, 2.05) is 66.7 Å². The molecule has 1 aliphatic rings. The van der Waals surface area contributed by atoms with Crippen molar-refractivity contribution in [3.8, 4) is 11.1 Å². The zero-order valence-electron chi connectivity index (χ0n) is 24.2. The van der Waals surface area contributed by atoms with Crippen LogP contribution in [-0.2, 0) is 23.0 Å². The van der Waals surface area contributed by atoms with Crippen LogP contribution < -0.4 is 10.0 Å². The SMILES string of the molecule is CCCCc1nc2ccc(C(=O)NC3CCCCC3)cc2n1Cc1cccc(-c2ccccc2)c1C(=O)NS(C)(=O)=O. The Kier molecular flexibility index (Phi) is 9.06. The number of hydrogen-bond acceptors (Lipinski definition) is 5. The number of amides is 2. The van der Waals surface area contributed by atoms with Gasteiger partial charge < -0.3 is 9.88 Å². The molecule has 4 aromatic rings. The zero-order chi connectivity index (χ0) is 29.7. The van der Waals surface area contributed by atoms with E-state index >= 15 is 0 Å². The summed E-state index contributed by atoms with van der Waals surface area (Å²) in [5.74, 6) is 0.0845. The number of sulfonamides is 1. The maximum Gasteiger partial charge on any atom is 0.265 e. The Morgan fingerprint density at radius 2 is 1.71 bits per heavy atom. The smallest absolute Gasteiger partial charge is 0.265 e. The molecule has 1 aliphatic carbocycles. The Hall–Kier alpha value is -3.98. The summed E-state index contributed by atoms with van der Waals surface area (Å²) in [7, 11) is -3.79. The molecule has 9 heteroatoms. The first kappa shape index (κ1) is 29.5. The first-order chi connectivity index (χ1) is 20.2. The number of nitrogens with zero attached hydrogens (tertiary/aromatic N) is 2. The standard InChI is InChI=1S/C33H38N4O4S/c1-3-4-18-30-35-28-20-19-24(32(38)34-26-15-9-6-10-16-26)21-29(28)37(30)22-25-14-11-17-27(23-12-7-5-8-13-23)31(25)33(39)36-42(2,40)41/h5,7-8,11-14,17,19-21,26H,3-4,6,9-10,15-16,18,22H2,1-2H3,(H,34,38)(H,36,39). The van der Waals surface area contributed by atoms with Crippen molar-refractivity contribution >= 4 is 32.9 Å². The monoisotopic (exact) mass is 586 g/mol. The fraction of sp³-hybridized carbons (Fsp3) is 0.364. The Balaban J connectivity index is 1.59. The van der Waals surface area contributed by atoms with Gasteiger partial charge in [-0.2, -0.15) is 0 Å².